The van der Waals surface area contributed by atoms with Crippen LogP contribution in [0.1, 0.15) is 23.8 Å². The van der Waals surface area contributed by atoms with Gasteiger partial charge in [-0.1, -0.05) is 25.1 Å². The summed E-state index contributed by atoms with van der Waals surface area (Å²) in [6.45, 7) is 3.15. The van der Waals surface area contributed by atoms with Gasteiger partial charge in [-0.15, -0.1) is 0 Å². The zero-order valence-electron chi connectivity index (χ0n) is 11.9. The Morgan fingerprint density at radius 1 is 1.24 bits per heavy atom. The fraction of sp³-hybridized carbons (Fsp3) is 0.176. The maximum atomic E-state index is 11.3. The molecule has 1 aromatic carbocycles. The number of pyridine rings is 1. The van der Waals surface area contributed by atoms with E-state index in [4.69, 9.17) is 5.73 Å². The molecule has 21 heavy (non-hydrogen) atoms. The third-order valence-electron chi connectivity index (χ3n) is 3.54. The molecule has 3 aromatic rings. The lowest BCUT2D eigenvalue weighted by molar-refractivity contribution is 0.0995. The number of aromatic nitrogens is 2. The van der Waals surface area contributed by atoms with E-state index in [0.717, 1.165) is 24.2 Å². The molecule has 106 valence electrons. The van der Waals surface area contributed by atoms with E-state index >= 15 is 0 Å². The number of nitrogens with zero attached hydrogens (tertiary/aromatic N) is 2. The smallest absolute Gasteiger partial charge is 0.267 e. The molecule has 0 fully saturated rings. The standard InChI is InChI=1S/C17H17N3O/c1-2-9-20-10-8-12-6-7-13(11-16(12)20)14-4-3-5-15(19-14)17(18)21/h3-8,10-11H,2,9H2,1H3,(H2,18,21). The van der Waals surface area contributed by atoms with E-state index in [0.29, 0.717) is 0 Å². The Balaban J connectivity index is 2.09. The fourth-order valence-electron chi connectivity index (χ4n) is 2.51. The molecule has 0 radical (unpaired) electrons. The highest BCUT2D eigenvalue weighted by Crippen LogP contribution is 2.24. The van der Waals surface area contributed by atoms with Crippen molar-refractivity contribution in [2.24, 2.45) is 5.73 Å². The predicted octanol–water partition coefficient (Wildman–Crippen LogP) is 3.21. The van der Waals surface area contributed by atoms with Gasteiger partial charge in [0.1, 0.15) is 5.69 Å². The van der Waals surface area contributed by atoms with Crippen molar-refractivity contribution in [1.82, 2.24) is 9.55 Å². The number of hydrogen-bond acceptors (Lipinski definition) is 2. The summed E-state index contributed by atoms with van der Waals surface area (Å²) in [7, 11) is 0. The van der Waals surface area contributed by atoms with Gasteiger partial charge >= 0.3 is 0 Å². The molecular weight excluding hydrogens is 262 g/mol. The summed E-state index contributed by atoms with van der Waals surface area (Å²) in [4.78, 5) is 15.6. The molecule has 0 aliphatic heterocycles. The first-order chi connectivity index (χ1) is 10.2. The zero-order valence-corrected chi connectivity index (χ0v) is 11.9. The minimum absolute atomic E-state index is 0.288. The number of aryl methyl sites for hydroxylation is 1. The maximum Gasteiger partial charge on any atom is 0.267 e. The number of carbonyl (C=O) groups is 1. The van der Waals surface area contributed by atoms with E-state index in [1.165, 1.54) is 10.9 Å². The maximum absolute atomic E-state index is 11.3. The summed E-state index contributed by atoms with van der Waals surface area (Å²) < 4.78 is 2.23. The molecule has 2 heterocycles. The fourth-order valence-corrected chi connectivity index (χ4v) is 2.51. The third-order valence-corrected chi connectivity index (χ3v) is 3.54. The number of fused-ring (bicyclic) bond motifs is 1. The van der Waals surface area contributed by atoms with Gasteiger partial charge in [0.15, 0.2) is 0 Å². The zero-order chi connectivity index (χ0) is 14.8. The molecule has 1 amide bonds. The Morgan fingerprint density at radius 3 is 2.86 bits per heavy atom. The highest BCUT2D eigenvalue weighted by atomic mass is 16.1. The van der Waals surface area contributed by atoms with Crippen molar-refractivity contribution in [3.63, 3.8) is 0 Å². The molecule has 2 N–H and O–H groups in total. The molecular formula is C17H17N3O. The van der Waals surface area contributed by atoms with Crippen molar-refractivity contribution < 1.29 is 4.79 Å². The second-order valence-electron chi connectivity index (χ2n) is 5.06. The van der Waals surface area contributed by atoms with Gasteiger partial charge in [0.25, 0.3) is 5.91 Å². The number of rotatable bonds is 4. The molecule has 2 aromatic heterocycles. The van der Waals surface area contributed by atoms with Gasteiger partial charge in [0.2, 0.25) is 0 Å². The van der Waals surface area contributed by atoms with Crippen LogP contribution in [0.25, 0.3) is 22.2 Å². The highest BCUT2D eigenvalue weighted by Gasteiger charge is 2.07. The minimum Gasteiger partial charge on any atom is -0.364 e. The third kappa shape index (κ3) is 2.52. The number of primary amides is 1. The van der Waals surface area contributed by atoms with E-state index in [-0.39, 0.29) is 5.69 Å². The molecule has 0 atom stereocenters. The predicted molar refractivity (Wildman–Crippen MR) is 84.0 cm³/mol. The number of carbonyl (C=O) groups excluding carboxylic acids is 1. The minimum atomic E-state index is -0.507. The van der Waals surface area contributed by atoms with Gasteiger partial charge in [0.05, 0.1) is 5.69 Å². The molecule has 0 aliphatic rings. The van der Waals surface area contributed by atoms with Crippen molar-refractivity contribution in [3.8, 4) is 11.3 Å². The van der Waals surface area contributed by atoms with Crippen molar-refractivity contribution in [1.29, 1.82) is 0 Å². The van der Waals surface area contributed by atoms with E-state index in [1.807, 2.05) is 12.1 Å². The van der Waals surface area contributed by atoms with Crippen LogP contribution in [0.15, 0.2) is 48.7 Å². The van der Waals surface area contributed by atoms with Gasteiger partial charge < -0.3 is 10.3 Å². The van der Waals surface area contributed by atoms with Crippen LogP contribution in [0.5, 0.6) is 0 Å². The van der Waals surface area contributed by atoms with E-state index in [2.05, 4.69) is 40.9 Å². The lowest BCUT2D eigenvalue weighted by Crippen LogP contribution is -2.13. The Hall–Kier alpha value is -2.62. The lowest BCUT2D eigenvalue weighted by atomic mass is 10.1. The Kier molecular flexibility index (Phi) is 3.44. The number of hydrogen-bond donors (Lipinski definition) is 1. The first-order valence-corrected chi connectivity index (χ1v) is 7.05. The SMILES string of the molecule is CCCn1ccc2ccc(-c3cccc(C(N)=O)n3)cc21. The van der Waals surface area contributed by atoms with Crippen LogP contribution in [0.2, 0.25) is 0 Å². The lowest BCUT2D eigenvalue weighted by Gasteiger charge is -2.06. The second-order valence-corrected chi connectivity index (χ2v) is 5.06. The average Bonchev–Trinajstić information content (AvgIpc) is 2.90. The highest BCUT2D eigenvalue weighted by molar-refractivity contribution is 5.91. The second kappa shape index (κ2) is 5.40. The van der Waals surface area contributed by atoms with E-state index < -0.39 is 5.91 Å². The van der Waals surface area contributed by atoms with Crippen molar-refractivity contribution >= 4 is 16.8 Å². The van der Waals surface area contributed by atoms with Crippen LogP contribution >= 0.6 is 0 Å². The summed E-state index contributed by atoms with van der Waals surface area (Å²) in [6, 6.07) is 13.6. The van der Waals surface area contributed by atoms with Gasteiger partial charge in [-0.25, -0.2) is 4.98 Å². The van der Waals surface area contributed by atoms with Crippen molar-refractivity contribution in [3.05, 3.63) is 54.4 Å². The summed E-state index contributed by atoms with van der Waals surface area (Å²) in [6.07, 6.45) is 3.19. The molecule has 3 rings (SSSR count). The molecule has 0 saturated carbocycles. The monoisotopic (exact) mass is 279 g/mol. The van der Waals surface area contributed by atoms with Crippen LogP contribution in [-0.4, -0.2) is 15.5 Å². The molecule has 0 unspecified atom stereocenters. The molecule has 4 heteroatoms. The average molecular weight is 279 g/mol. The molecule has 4 nitrogen and oxygen atoms in total. The van der Waals surface area contributed by atoms with Gasteiger partial charge in [-0.2, -0.15) is 0 Å². The number of nitrogens with two attached hydrogens (primary N) is 1. The first kappa shape index (κ1) is 13.4. The summed E-state index contributed by atoms with van der Waals surface area (Å²) in [5.74, 6) is -0.507. The van der Waals surface area contributed by atoms with Crippen LogP contribution in [-0.2, 0) is 6.54 Å². The van der Waals surface area contributed by atoms with Crippen molar-refractivity contribution in [2.75, 3.05) is 0 Å². The largest absolute Gasteiger partial charge is 0.364 e. The van der Waals surface area contributed by atoms with Gasteiger partial charge in [-0.05, 0) is 36.1 Å². The summed E-state index contributed by atoms with van der Waals surface area (Å²) in [5.41, 5.74) is 8.51. The summed E-state index contributed by atoms with van der Waals surface area (Å²) >= 11 is 0. The topological polar surface area (TPSA) is 60.9 Å². The quantitative estimate of drug-likeness (QED) is 0.797. The van der Waals surface area contributed by atoms with Gasteiger partial charge in [0, 0.05) is 23.8 Å². The van der Waals surface area contributed by atoms with Gasteiger partial charge in [-0.3, -0.25) is 4.79 Å². The van der Waals surface area contributed by atoms with Crippen LogP contribution in [0, 0.1) is 0 Å². The number of amides is 1. The number of benzene rings is 1. The first-order valence-electron chi connectivity index (χ1n) is 7.05. The normalized spacial score (nSPS) is 10.9. The van der Waals surface area contributed by atoms with Crippen molar-refractivity contribution in [2.45, 2.75) is 19.9 Å². The summed E-state index contributed by atoms with van der Waals surface area (Å²) in [5, 5.41) is 1.21. The Morgan fingerprint density at radius 2 is 2.10 bits per heavy atom. The van der Waals surface area contributed by atoms with Crippen LogP contribution in [0.3, 0.4) is 0 Å². The Bertz CT molecular complexity index is 805. The molecule has 0 bridgehead atoms. The molecule has 0 saturated heterocycles. The van der Waals surface area contributed by atoms with E-state index in [1.54, 1.807) is 12.1 Å². The van der Waals surface area contributed by atoms with Crippen LogP contribution < -0.4 is 5.73 Å². The van der Waals surface area contributed by atoms with E-state index in [9.17, 15) is 4.79 Å². The molecule has 0 spiro atoms. The molecule has 0 aliphatic carbocycles. The Labute approximate surface area is 123 Å². The van der Waals surface area contributed by atoms with Crippen LogP contribution in [0.4, 0.5) is 0 Å².